The average Bonchev–Trinajstić information content (AvgIpc) is 1.72. The molecule has 0 aliphatic carbocycles. The molecule has 86 heavy (non-hydrogen) atoms. The Labute approximate surface area is 488 Å². The summed E-state index contributed by atoms with van der Waals surface area (Å²) in [6.07, 6.45) is 4.96. The molecule has 2 aliphatic rings. The molecule has 2 fully saturated rings. The number of pyridine rings is 4. The van der Waals surface area contributed by atoms with Crippen molar-refractivity contribution in [1.29, 1.82) is 0 Å². The maximum absolute atomic E-state index is 15.6. The monoisotopic (exact) mass is 1230 g/mol. The Morgan fingerprint density at radius 3 is 1.29 bits per heavy atom. The van der Waals surface area contributed by atoms with E-state index in [1.54, 1.807) is 58.8 Å². The third-order valence-corrected chi connectivity index (χ3v) is 17.9. The smallest absolute Gasteiger partial charge is 0.272 e. The van der Waals surface area contributed by atoms with Crippen LogP contribution in [0.25, 0.3) is 66.4 Å². The second-order valence-corrected chi connectivity index (χ2v) is 25.2. The van der Waals surface area contributed by atoms with Crippen LogP contribution in [-0.2, 0) is 43.2 Å². The quantitative estimate of drug-likeness (QED) is 0.0820. The predicted octanol–water partition coefficient (Wildman–Crippen LogP) is 9.78. The van der Waals surface area contributed by atoms with Gasteiger partial charge in [-0.2, -0.15) is 0 Å². The first-order chi connectivity index (χ1) is 41.1. The van der Waals surface area contributed by atoms with Crippen LogP contribution in [0.4, 0.5) is 26.3 Å². The van der Waals surface area contributed by atoms with E-state index in [1.807, 2.05) is 12.1 Å². The molecule has 452 valence electrons. The van der Waals surface area contributed by atoms with Crippen LogP contribution in [0.15, 0.2) is 95.2 Å². The van der Waals surface area contributed by atoms with E-state index >= 15 is 8.78 Å². The van der Waals surface area contributed by atoms with Crippen LogP contribution in [0.5, 0.6) is 11.5 Å². The number of alkyl halides is 4. The normalized spacial score (nSPS) is 15.5. The van der Waals surface area contributed by atoms with Crippen LogP contribution in [0.2, 0.25) is 0 Å². The van der Waals surface area contributed by atoms with Gasteiger partial charge in [-0.15, -0.1) is 10.2 Å². The standard InChI is InChI=1S/2C29H29F3N6O4S/c2*1-16-27(37(2)36-35-16)18-13-20-26(34-14-18)24-21(42-15-23(31)32)6-7-22(43(3,39)40)29(24)38(20)28(17-8-11-41-12-9-17)25-19(30)5-4-10-33-25/h2*4-7,10,13-14,17,23,28H,8-9,11-12,15H2,1-3H3. The summed E-state index contributed by atoms with van der Waals surface area (Å²) in [4.78, 5) is 18.2. The maximum atomic E-state index is 15.6. The number of fused-ring (bicyclic) bond motifs is 6. The van der Waals surface area contributed by atoms with Gasteiger partial charge in [0.25, 0.3) is 12.9 Å². The highest BCUT2D eigenvalue weighted by molar-refractivity contribution is 7.91. The molecule has 2 atom stereocenters. The molecule has 0 bridgehead atoms. The Hall–Kier alpha value is -8.08. The Morgan fingerprint density at radius 2 is 0.965 bits per heavy atom. The summed E-state index contributed by atoms with van der Waals surface area (Å²) in [6.45, 7) is 3.50. The molecule has 0 N–H and O–H groups in total. The molecular weight excluding hydrogens is 1170 g/mol. The summed E-state index contributed by atoms with van der Waals surface area (Å²) in [7, 11) is -4.30. The number of rotatable bonds is 16. The third-order valence-electron chi connectivity index (χ3n) is 15.6. The van der Waals surface area contributed by atoms with Crippen molar-refractivity contribution in [1.82, 2.24) is 59.1 Å². The van der Waals surface area contributed by atoms with Crippen LogP contribution >= 0.6 is 0 Å². The van der Waals surface area contributed by atoms with Gasteiger partial charge in [-0.05, 0) is 112 Å². The molecule has 2 aliphatic heterocycles. The fourth-order valence-corrected chi connectivity index (χ4v) is 13.8. The van der Waals surface area contributed by atoms with Crippen molar-refractivity contribution in [3.05, 3.63) is 120 Å². The lowest BCUT2D eigenvalue weighted by atomic mass is 9.88. The molecular formula is C58H58F6N12O8S2. The summed E-state index contributed by atoms with van der Waals surface area (Å²) < 4.78 is 167. The molecule has 28 heteroatoms. The Kier molecular flexibility index (Phi) is 16.6. The minimum absolute atomic E-state index is 0.0392. The SMILES string of the molecule is Cc1nnn(C)c1-c1cnc2c3c(OCC(F)F)ccc(S(C)(=O)=O)c3n(C(c3ncccc3F)C3CCOCC3)c2c1.Cc1nnn(C)c1-c1cnc2c3c(OCC(F)F)ccc(S(C)(=O)=O)c3n(C(c3ncccc3F)C3CCOCC3)c2c1. The molecule has 0 saturated carbocycles. The number of nitrogens with zero attached hydrogens (tertiary/aromatic N) is 12. The van der Waals surface area contributed by atoms with Crippen molar-refractivity contribution in [3.63, 3.8) is 0 Å². The molecule has 10 heterocycles. The highest BCUT2D eigenvalue weighted by Gasteiger charge is 2.38. The van der Waals surface area contributed by atoms with Gasteiger partial charge in [-0.3, -0.25) is 19.9 Å². The molecule has 0 amide bonds. The van der Waals surface area contributed by atoms with Crippen LogP contribution in [0.1, 0.15) is 60.5 Å². The van der Waals surface area contributed by atoms with Crippen molar-refractivity contribution in [3.8, 4) is 34.0 Å². The number of aryl methyl sites for hydroxylation is 4. The van der Waals surface area contributed by atoms with Crippen molar-refractivity contribution in [2.24, 2.45) is 25.9 Å². The third kappa shape index (κ3) is 11.3. The van der Waals surface area contributed by atoms with Gasteiger partial charge in [0.1, 0.15) is 36.3 Å². The first-order valence-electron chi connectivity index (χ1n) is 27.4. The van der Waals surface area contributed by atoms with Crippen LogP contribution in [0.3, 0.4) is 0 Å². The molecule has 2 aromatic carbocycles. The number of hydrogen-bond donors (Lipinski definition) is 0. The number of benzene rings is 2. The lowest BCUT2D eigenvalue weighted by Crippen LogP contribution is -2.28. The minimum Gasteiger partial charge on any atom is -0.487 e. The first-order valence-corrected chi connectivity index (χ1v) is 31.1. The molecule has 2 saturated heterocycles. The summed E-state index contributed by atoms with van der Waals surface area (Å²) >= 11 is 0. The van der Waals surface area contributed by atoms with Gasteiger partial charge in [-0.1, -0.05) is 10.4 Å². The van der Waals surface area contributed by atoms with Gasteiger partial charge >= 0.3 is 0 Å². The second-order valence-electron chi connectivity index (χ2n) is 21.3. The van der Waals surface area contributed by atoms with Crippen LogP contribution in [-0.4, -0.2) is 141 Å². The van der Waals surface area contributed by atoms with Crippen molar-refractivity contribution >= 4 is 63.5 Å². The zero-order chi connectivity index (χ0) is 60.9. The molecule has 12 rings (SSSR count). The number of ether oxygens (including phenoxy) is 4. The van der Waals surface area contributed by atoms with Crippen molar-refractivity contribution in [2.75, 3.05) is 52.2 Å². The zero-order valence-corrected chi connectivity index (χ0v) is 49.0. The second kappa shape index (κ2) is 24.0. The molecule has 2 unspecified atom stereocenters. The van der Waals surface area contributed by atoms with E-state index in [4.69, 9.17) is 28.9 Å². The van der Waals surface area contributed by atoms with Gasteiger partial charge in [0.2, 0.25) is 0 Å². The largest absolute Gasteiger partial charge is 0.487 e. The van der Waals surface area contributed by atoms with E-state index < -0.39 is 69.5 Å². The number of sulfone groups is 2. The van der Waals surface area contributed by atoms with Crippen LogP contribution < -0.4 is 9.47 Å². The lowest BCUT2D eigenvalue weighted by molar-refractivity contribution is 0.0541. The van der Waals surface area contributed by atoms with E-state index in [-0.39, 0.29) is 66.3 Å². The molecule has 8 aromatic heterocycles. The highest BCUT2D eigenvalue weighted by Crippen LogP contribution is 2.48. The average molecular weight is 1230 g/mol. The fourth-order valence-electron chi connectivity index (χ4n) is 12.0. The summed E-state index contributed by atoms with van der Waals surface area (Å²) in [5, 5.41) is 16.9. The Bertz CT molecular complexity index is 4110. The molecule has 0 radical (unpaired) electrons. The van der Waals surface area contributed by atoms with Crippen molar-refractivity contribution < 1.29 is 62.1 Å². The van der Waals surface area contributed by atoms with Gasteiger partial charge < -0.3 is 28.1 Å². The summed E-state index contributed by atoms with van der Waals surface area (Å²) in [6, 6.07) is 13.0. The molecule has 0 spiro atoms. The number of hydrogen-bond acceptors (Lipinski definition) is 16. The highest BCUT2D eigenvalue weighted by atomic mass is 32.2. The number of aromatic nitrogens is 12. The maximum Gasteiger partial charge on any atom is 0.272 e. The van der Waals surface area contributed by atoms with Crippen LogP contribution in [0, 0.1) is 37.3 Å². The summed E-state index contributed by atoms with van der Waals surface area (Å²) in [5.41, 5.74) is 6.02. The van der Waals surface area contributed by atoms with E-state index in [1.165, 1.54) is 60.9 Å². The van der Waals surface area contributed by atoms with Crippen molar-refractivity contribution in [2.45, 2.75) is 74.3 Å². The van der Waals surface area contributed by atoms with Gasteiger partial charge in [-0.25, -0.2) is 52.5 Å². The van der Waals surface area contributed by atoms with E-state index in [2.05, 4.69) is 30.6 Å². The lowest BCUT2D eigenvalue weighted by Gasteiger charge is -2.32. The van der Waals surface area contributed by atoms with E-state index in [0.717, 1.165) is 12.5 Å². The minimum atomic E-state index is -3.89. The van der Waals surface area contributed by atoms with Gasteiger partial charge in [0, 0.05) is 88.9 Å². The van der Waals surface area contributed by atoms with E-state index in [9.17, 15) is 34.4 Å². The van der Waals surface area contributed by atoms with E-state index in [0.29, 0.717) is 108 Å². The van der Waals surface area contributed by atoms with Gasteiger partial charge in [0.05, 0.1) is 99.9 Å². The summed E-state index contributed by atoms with van der Waals surface area (Å²) in [5.74, 6) is -1.46. The first kappa shape index (κ1) is 59.6. The van der Waals surface area contributed by atoms with Gasteiger partial charge in [0.15, 0.2) is 19.7 Å². The molecule has 20 nitrogen and oxygen atoms in total. The Morgan fingerprint density at radius 1 is 0.581 bits per heavy atom. The Balaban J connectivity index is 0.000000179. The zero-order valence-electron chi connectivity index (χ0n) is 47.3. The topological polar surface area (TPSA) is 228 Å². The number of halogens is 6. The predicted molar refractivity (Wildman–Crippen MR) is 305 cm³/mol. The molecule has 10 aromatic rings. The fraction of sp³-hybridized carbons (Fsp3) is 0.379.